The Hall–Kier alpha value is -1.78. The number of ether oxygens (including phenoxy) is 2. The second-order valence-corrected chi connectivity index (χ2v) is 4.27. The molecule has 0 radical (unpaired) electrons. The molecule has 0 aromatic heterocycles. The fourth-order valence-corrected chi connectivity index (χ4v) is 1.31. The Morgan fingerprint density at radius 3 is 1.36 bits per heavy atom. The summed E-state index contributed by atoms with van der Waals surface area (Å²) in [5, 5.41) is 47.8. The van der Waals surface area contributed by atoms with Gasteiger partial charge >= 0.3 is 11.9 Å². The van der Waals surface area contributed by atoms with Gasteiger partial charge in [-0.3, -0.25) is 0 Å². The van der Waals surface area contributed by atoms with Gasteiger partial charge < -0.3 is 35.0 Å². The maximum absolute atomic E-state index is 10.8. The van der Waals surface area contributed by atoms with Crippen molar-refractivity contribution in [2.24, 2.45) is 0 Å². The number of carbonyl (C=O) groups excluding carboxylic acids is 2. The van der Waals surface area contributed by atoms with Gasteiger partial charge in [-0.15, -0.1) is 0 Å². The van der Waals surface area contributed by atoms with E-state index in [1.165, 1.54) is 0 Å². The zero-order chi connectivity index (χ0) is 17.3. The molecule has 0 spiro atoms. The molecule has 0 fully saturated rings. The summed E-state index contributed by atoms with van der Waals surface area (Å²) in [5.41, 5.74) is 0. The van der Waals surface area contributed by atoms with Crippen LogP contribution >= 0.6 is 0 Å². The molecule has 126 valence electrons. The summed E-state index contributed by atoms with van der Waals surface area (Å²) in [6, 6.07) is 0. The maximum Gasteiger partial charge on any atom is 0.330 e. The average molecular weight is 320 g/mol. The number of aliphatic hydroxyl groups is 5. The van der Waals surface area contributed by atoms with Crippen LogP contribution in [0.15, 0.2) is 25.3 Å². The standard InChI is InChI=1S/C13H20O9/c1-3-9(16)21-5-7(14)11(18)13(20)12(19)8(15)6-22-10(17)4-2/h3-4,7-8,11-15,18-20H,1-2,5-6H2/t7?,8?,11-,12?,13?/m1/s1. The van der Waals surface area contributed by atoms with Crippen LogP contribution in [0.4, 0.5) is 0 Å². The lowest BCUT2D eigenvalue weighted by Crippen LogP contribution is -2.51. The van der Waals surface area contributed by atoms with Crippen molar-refractivity contribution in [2.45, 2.75) is 30.5 Å². The van der Waals surface area contributed by atoms with E-state index in [1.54, 1.807) is 0 Å². The minimum atomic E-state index is -1.98. The van der Waals surface area contributed by atoms with Crippen LogP contribution in [-0.4, -0.2) is 81.2 Å². The second kappa shape index (κ2) is 10.0. The molecule has 0 amide bonds. The Balaban J connectivity index is 4.42. The largest absolute Gasteiger partial charge is 0.460 e. The van der Waals surface area contributed by atoms with Crippen LogP contribution in [0.3, 0.4) is 0 Å². The summed E-state index contributed by atoms with van der Waals surface area (Å²) in [5.74, 6) is -1.70. The minimum absolute atomic E-state index is 0.655. The van der Waals surface area contributed by atoms with E-state index in [1.807, 2.05) is 0 Å². The molecular weight excluding hydrogens is 300 g/mol. The molecule has 22 heavy (non-hydrogen) atoms. The number of carbonyl (C=O) groups is 2. The molecule has 0 saturated heterocycles. The molecule has 9 heteroatoms. The van der Waals surface area contributed by atoms with Crippen LogP contribution in [0.2, 0.25) is 0 Å². The fourth-order valence-electron chi connectivity index (χ4n) is 1.31. The van der Waals surface area contributed by atoms with Gasteiger partial charge in [0, 0.05) is 12.2 Å². The molecular formula is C13H20O9. The van der Waals surface area contributed by atoms with Gasteiger partial charge in [-0.1, -0.05) is 13.2 Å². The Morgan fingerprint density at radius 2 is 1.09 bits per heavy atom. The molecule has 0 heterocycles. The highest BCUT2D eigenvalue weighted by Gasteiger charge is 2.35. The van der Waals surface area contributed by atoms with E-state index in [2.05, 4.69) is 22.6 Å². The summed E-state index contributed by atoms with van der Waals surface area (Å²) >= 11 is 0. The van der Waals surface area contributed by atoms with Crippen molar-refractivity contribution in [3.8, 4) is 0 Å². The Morgan fingerprint density at radius 1 is 0.773 bits per heavy atom. The maximum atomic E-state index is 10.8. The molecule has 5 atom stereocenters. The van der Waals surface area contributed by atoms with E-state index in [0.29, 0.717) is 0 Å². The Kier molecular flexibility index (Phi) is 9.22. The molecule has 0 aliphatic heterocycles. The summed E-state index contributed by atoms with van der Waals surface area (Å²) in [4.78, 5) is 21.6. The third-order valence-electron chi connectivity index (χ3n) is 2.61. The quantitative estimate of drug-likeness (QED) is 0.213. The van der Waals surface area contributed by atoms with Crippen molar-refractivity contribution in [3.05, 3.63) is 25.3 Å². The molecule has 0 aliphatic rings. The van der Waals surface area contributed by atoms with Crippen LogP contribution in [0.25, 0.3) is 0 Å². The highest BCUT2D eigenvalue weighted by molar-refractivity contribution is 5.81. The van der Waals surface area contributed by atoms with Crippen molar-refractivity contribution in [1.82, 2.24) is 0 Å². The van der Waals surface area contributed by atoms with Crippen molar-refractivity contribution >= 4 is 11.9 Å². The smallest absolute Gasteiger partial charge is 0.330 e. The Bertz CT molecular complexity index is 359. The highest BCUT2D eigenvalue weighted by atomic mass is 16.5. The minimum Gasteiger partial charge on any atom is -0.460 e. The van der Waals surface area contributed by atoms with Gasteiger partial charge in [0.25, 0.3) is 0 Å². The first-order valence-electron chi connectivity index (χ1n) is 6.23. The SMILES string of the molecule is C=CC(=O)OCC(O)C(O)C(O)[C@H](O)C(O)COC(=O)C=C. The van der Waals surface area contributed by atoms with Crippen molar-refractivity contribution in [1.29, 1.82) is 0 Å². The van der Waals surface area contributed by atoms with E-state index in [9.17, 15) is 35.1 Å². The monoisotopic (exact) mass is 320 g/mol. The molecule has 4 unspecified atom stereocenters. The van der Waals surface area contributed by atoms with Crippen LogP contribution in [0.5, 0.6) is 0 Å². The van der Waals surface area contributed by atoms with E-state index in [4.69, 9.17) is 0 Å². The number of hydrogen-bond acceptors (Lipinski definition) is 9. The van der Waals surface area contributed by atoms with Crippen molar-refractivity contribution in [2.75, 3.05) is 13.2 Å². The van der Waals surface area contributed by atoms with Gasteiger partial charge in [-0.2, -0.15) is 0 Å². The van der Waals surface area contributed by atoms with Gasteiger partial charge in [0.15, 0.2) is 0 Å². The summed E-state index contributed by atoms with van der Waals surface area (Å²) < 4.78 is 8.91. The van der Waals surface area contributed by atoms with Crippen molar-refractivity contribution < 1.29 is 44.6 Å². The van der Waals surface area contributed by atoms with E-state index >= 15 is 0 Å². The van der Waals surface area contributed by atoms with Gasteiger partial charge in [0.2, 0.25) is 0 Å². The molecule has 0 rings (SSSR count). The summed E-state index contributed by atoms with van der Waals surface area (Å²) in [6.45, 7) is 4.93. The zero-order valence-electron chi connectivity index (χ0n) is 11.7. The highest BCUT2D eigenvalue weighted by Crippen LogP contribution is 2.10. The molecule has 0 aromatic carbocycles. The lowest BCUT2D eigenvalue weighted by atomic mass is 10.00. The van der Waals surface area contributed by atoms with Gasteiger partial charge in [0.1, 0.15) is 43.7 Å². The molecule has 0 saturated carbocycles. The normalized spacial score (nSPS) is 17.5. The van der Waals surface area contributed by atoms with E-state index in [0.717, 1.165) is 12.2 Å². The van der Waals surface area contributed by atoms with Gasteiger partial charge in [-0.25, -0.2) is 9.59 Å². The molecule has 0 bridgehead atoms. The average Bonchev–Trinajstić information content (AvgIpc) is 2.54. The second-order valence-electron chi connectivity index (χ2n) is 4.27. The zero-order valence-corrected chi connectivity index (χ0v) is 11.7. The third kappa shape index (κ3) is 6.78. The molecule has 0 aromatic rings. The lowest BCUT2D eigenvalue weighted by molar-refractivity contribution is -0.163. The Labute approximate surface area is 126 Å². The first kappa shape index (κ1) is 20.2. The third-order valence-corrected chi connectivity index (χ3v) is 2.61. The molecule has 9 nitrogen and oxygen atoms in total. The number of aliphatic hydroxyl groups excluding tert-OH is 5. The van der Waals surface area contributed by atoms with Crippen molar-refractivity contribution in [3.63, 3.8) is 0 Å². The van der Waals surface area contributed by atoms with E-state index < -0.39 is 55.7 Å². The molecule has 5 N–H and O–H groups in total. The van der Waals surface area contributed by atoms with Gasteiger partial charge in [0.05, 0.1) is 0 Å². The summed E-state index contributed by atoms with van der Waals surface area (Å²) in [7, 11) is 0. The number of rotatable bonds is 10. The predicted octanol–water partition coefficient (Wildman–Crippen LogP) is -2.75. The number of hydrogen-bond donors (Lipinski definition) is 5. The van der Waals surface area contributed by atoms with Gasteiger partial charge in [-0.05, 0) is 0 Å². The summed E-state index contributed by atoms with van der Waals surface area (Å²) in [6.07, 6.45) is -7.57. The van der Waals surface area contributed by atoms with Crippen LogP contribution in [0, 0.1) is 0 Å². The first-order chi connectivity index (χ1) is 10.2. The van der Waals surface area contributed by atoms with E-state index in [-0.39, 0.29) is 0 Å². The fraction of sp³-hybridized carbons (Fsp3) is 0.538. The molecule has 0 aliphatic carbocycles. The first-order valence-corrected chi connectivity index (χ1v) is 6.23. The number of esters is 2. The van der Waals surface area contributed by atoms with Crippen LogP contribution in [-0.2, 0) is 19.1 Å². The lowest BCUT2D eigenvalue weighted by Gasteiger charge is -2.28. The van der Waals surface area contributed by atoms with Crippen LogP contribution in [0.1, 0.15) is 0 Å². The van der Waals surface area contributed by atoms with Crippen LogP contribution < -0.4 is 0 Å². The predicted molar refractivity (Wildman–Crippen MR) is 72.3 cm³/mol. The topological polar surface area (TPSA) is 154 Å².